The minimum Gasteiger partial charge on any atom is -0.504 e. The molecule has 198 valence electrons. The summed E-state index contributed by atoms with van der Waals surface area (Å²) in [5, 5.41) is 36.8. The molecule has 0 spiro atoms. The first-order valence-corrected chi connectivity index (χ1v) is 13.4. The minimum atomic E-state index is -1.31. The number of imidazole rings is 1. The van der Waals surface area contributed by atoms with Crippen LogP contribution in [0.25, 0.3) is 11.0 Å². The van der Waals surface area contributed by atoms with Crippen molar-refractivity contribution in [3.05, 3.63) is 33.8 Å². The van der Waals surface area contributed by atoms with Crippen LogP contribution in [0.15, 0.2) is 38.4 Å². The van der Waals surface area contributed by atoms with Gasteiger partial charge < -0.3 is 36.2 Å². The van der Waals surface area contributed by atoms with Gasteiger partial charge in [0.15, 0.2) is 27.5 Å². The second-order valence-corrected chi connectivity index (χ2v) is 11.4. The summed E-state index contributed by atoms with van der Waals surface area (Å²) in [6.45, 7) is 1.78. The number of aromatic hydroxyl groups is 2. The number of nitrogens with one attached hydrogen (secondary N) is 2. The fourth-order valence-corrected chi connectivity index (χ4v) is 7.11. The number of aromatic nitrogens is 3. The molecule has 14 nitrogen and oxygen atoms in total. The molecule has 0 aliphatic carbocycles. The molecule has 3 atom stereocenters. The van der Waals surface area contributed by atoms with Gasteiger partial charge in [-0.25, -0.2) is 14.8 Å². The molecule has 2 aliphatic heterocycles. The molecule has 2 aromatic heterocycles. The number of aromatic amines is 1. The standard InChI is InChI=1S/C21H19N7O7S3/c1-6-15(38-21-24-7-3-10(29)11(30)4-8(7)25-21)14(19(33)34)28-17(32)13(18(28)37-6)26-16(31)12(27-35-2)9-5-36-20(22)23-9/h3-6,13,18,29-30H,1-2H3,(H2,22,23)(H,24,25)(H,26,31)(H,33,34)/t6?,13-,18-/m1/s1. The molecule has 1 unspecified atom stereocenters. The van der Waals surface area contributed by atoms with E-state index in [0.29, 0.717) is 21.1 Å². The summed E-state index contributed by atoms with van der Waals surface area (Å²) in [7, 11) is 1.26. The van der Waals surface area contributed by atoms with Gasteiger partial charge in [0.1, 0.15) is 29.9 Å². The predicted octanol–water partition coefficient (Wildman–Crippen LogP) is 1.24. The van der Waals surface area contributed by atoms with Crippen molar-refractivity contribution < 1.29 is 34.5 Å². The first-order chi connectivity index (χ1) is 18.1. The Bertz CT molecular complexity index is 1510. The monoisotopic (exact) mass is 577 g/mol. The van der Waals surface area contributed by atoms with Crippen LogP contribution in [0.1, 0.15) is 12.6 Å². The van der Waals surface area contributed by atoms with Crippen molar-refractivity contribution in [2.45, 2.75) is 28.7 Å². The normalized spacial score (nSPS) is 21.3. The highest BCUT2D eigenvalue weighted by molar-refractivity contribution is 8.06. The molecule has 2 amide bonds. The number of thiazole rings is 1. The number of rotatable bonds is 7. The van der Waals surface area contributed by atoms with Gasteiger partial charge in [-0.3, -0.25) is 14.5 Å². The van der Waals surface area contributed by atoms with Crippen molar-refractivity contribution in [2.24, 2.45) is 5.16 Å². The van der Waals surface area contributed by atoms with Crippen molar-refractivity contribution >= 4 is 74.5 Å². The number of carbonyl (C=O) groups excluding carboxylic acids is 2. The average Bonchev–Trinajstić information content (AvgIpc) is 3.47. The molecule has 3 aromatic rings. The summed E-state index contributed by atoms with van der Waals surface area (Å²) in [4.78, 5) is 55.9. The Labute approximate surface area is 225 Å². The molecule has 17 heteroatoms. The van der Waals surface area contributed by atoms with Crippen LogP contribution in [0.5, 0.6) is 11.5 Å². The number of hydrogen-bond donors (Lipinski definition) is 6. The third-order valence-electron chi connectivity index (χ3n) is 5.64. The number of fused-ring (bicyclic) bond motifs is 2. The Hall–Kier alpha value is -3.96. The topological polar surface area (TPSA) is 216 Å². The molecule has 7 N–H and O–H groups in total. The Kier molecular flexibility index (Phi) is 6.58. The van der Waals surface area contributed by atoms with E-state index in [1.165, 1.54) is 36.4 Å². The van der Waals surface area contributed by atoms with E-state index in [4.69, 9.17) is 10.6 Å². The highest BCUT2D eigenvalue weighted by Gasteiger charge is 2.56. The maximum absolute atomic E-state index is 13.1. The van der Waals surface area contributed by atoms with Crippen molar-refractivity contribution in [1.82, 2.24) is 25.2 Å². The number of β-lactam (4-membered cyclic amide) rings is 1. The Morgan fingerprint density at radius 3 is 2.68 bits per heavy atom. The lowest BCUT2D eigenvalue weighted by atomic mass is 10.0. The number of aliphatic carboxylic acids is 1. The zero-order valence-corrected chi connectivity index (χ0v) is 22.0. The number of oxime groups is 1. The van der Waals surface area contributed by atoms with Crippen LogP contribution in [0, 0.1) is 0 Å². The third-order valence-corrected chi connectivity index (χ3v) is 9.03. The van der Waals surface area contributed by atoms with Crippen molar-refractivity contribution in [2.75, 3.05) is 12.8 Å². The second-order valence-electron chi connectivity index (χ2n) is 8.04. The molecular weight excluding hydrogens is 558 g/mol. The molecule has 1 saturated heterocycles. The number of anilines is 1. The lowest BCUT2D eigenvalue weighted by molar-refractivity contribution is -0.150. The number of carboxylic acid groups (broad SMARTS) is 1. The van der Waals surface area contributed by atoms with E-state index in [-0.39, 0.29) is 39.0 Å². The van der Waals surface area contributed by atoms with E-state index in [1.807, 2.05) is 0 Å². The number of nitrogen functional groups attached to an aromatic ring is 1. The molecule has 1 aromatic carbocycles. The van der Waals surface area contributed by atoms with Crippen LogP contribution in [-0.4, -0.2) is 82.4 Å². The SMILES string of the molecule is CON=C(C(=O)N[C@@H]1C(=O)N2C(C(=O)O)=C(Sc3nc4cc(O)c(O)cc4[nH]3)C(C)S[C@H]12)c1csc(N)n1. The summed E-state index contributed by atoms with van der Waals surface area (Å²) >= 11 is 3.43. The molecule has 0 bridgehead atoms. The summed E-state index contributed by atoms with van der Waals surface area (Å²) < 4.78 is 0. The van der Waals surface area contributed by atoms with E-state index < -0.39 is 29.2 Å². The quantitative estimate of drug-likeness (QED) is 0.101. The van der Waals surface area contributed by atoms with Gasteiger partial charge in [0.2, 0.25) is 0 Å². The van der Waals surface area contributed by atoms with Gasteiger partial charge in [0.05, 0.1) is 11.0 Å². The third kappa shape index (κ3) is 4.37. The van der Waals surface area contributed by atoms with Crippen molar-refractivity contribution in [3.63, 3.8) is 0 Å². The number of thioether (sulfide) groups is 2. The predicted molar refractivity (Wildman–Crippen MR) is 140 cm³/mol. The zero-order chi connectivity index (χ0) is 27.3. The van der Waals surface area contributed by atoms with E-state index in [0.717, 1.165) is 28.0 Å². The summed E-state index contributed by atoms with van der Waals surface area (Å²) in [5.74, 6) is -3.31. The fourth-order valence-electron chi connectivity index (χ4n) is 3.96. The number of phenolic OH excluding ortho intramolecular Hbond substituents is 2. The zero-order valence-electron chi connectivity index (χ0n) is 19.5. The number of nitrogens with zero attached hydrogens (tertiary/aromatic N) is 4. The maximum atomic E-state index is 13.1. The van der Waals surface area contributed by atoms with E-state index >= 15 is 0 Å². The molecular formula is C21H19N7O7S3. The van der Waals surface area contributed by atoms with Gasteiger partial charge in [0, 0.05) is 27.7 Å². The lowest BCUT2D eigenvalue weighted by Crippen LogP contribution is -2.71. The molecule has 38 heavy (non-hydrogen) atoms. The Morgan fingerprint density at radius 2 is 2.03 bits per heavy atom. The van der Waals surface area contributed by atoms with Gasteiger partial charge in [-0.05, 0) is 6.92 Å². The van der Waals surface area contributed by atoms with Gasteiger partial charge in [-0.2, -0.15) is 0 Å². The Balaban J connectivity index is 1.40. The van der Waals surface area contributed by atoms with Crippen LogP contribution < -0.4 is 11.1 Å². The van der Waals surface area contributed by atoms with Gasteiger partial charge in [-0.15, -0.1) is 23.1 Å². The molecule has 0 saturated carbocycles. The average molecular weight is 578 g/mol. The Morgan fingerprint density at radius 1 is 1.29 bits per heavy atom. The van der Waals surface area contributed by atoms with Crippen molar-refractivity contribution in [3.8, 4) is 11.5 Å². The van der Waals surface area contributed by atoms with E-state index in [1.54, 1.807) is 6.92 Å². The molecule has 2 aliphatic rings. The number of carboxylic acids is 1. The number of nitrogens with two attached hydrogens (primary N) is 1. The number of amides is 2. The molecule has 0 radical (unpaired) electrons. The fraction of sp³-hybridized carbons (Fsp3) is 0.238. The minimum absolute atomic E-state index is 0.173. The summed E-state index contributed by atoms with van der Waals surface area (Å²) in [6.07, 6.45) is 0. The smallest absolute Gasteiger partial charge is 0.353 e. The number of carbonyl (C=O) groups is 3. The van der Waals surface area contributed by atoms with Crippen LogP contribution in [0.3, 0.4) is 0 Å². The number of phenols is 2. The van der Waals surface area contributed by atoms with Gasteiger partial charge in [-0.1, -0.05) is 16.9 Å². The first kappa shape index (κ1) is 25.7. The number of hydrogen-bond acceptors (Lipinski definition) is 13. The van der Waals surface area contributed by atoms with E-state index in [2.05, 4.69) is 25.4 Å². The summed E-state index contributed by atoms with van der Waals surface area (Å²) in [6, 6.07) is 1.57. The first-order valence-electron chi connectivity index (χ1n) is 10.8. The highest BCUT2D eigenvalue weighted by Crippen LogP contribution is 2.49. The number of H-pyrrole nitrogens is 1. The molecule has 4 heterocycles. The van der Waals surface area contributed by atoms with Crippen LogP contribution >= 0.6 is 34.9 Å². The van der Waals surface area contributed by atoms with Crippen LogP contribution in [0.4, 0.5) is 5.13 Å². The van der Waals surface area contributed by atoms with Gasteiger partial charge >= 0.3 is 5.97 Å². The molecule has 5 rings (SSSR count). The summed E-state index contributed by atoms with van der Waals surface area (Å²) in [5.41, 5.74) is 6.24. The maximum Gasteiger partial charge on any atom is 0.353 e. The van der Waals surface area contributed by atoms with Crippen molar-refractivity contribution in [1.29, 1.82) is 0 Å². The van der Waals surface area contributed by atoms with Crippen LogP contribution in [0.2, 0.25) is 0 Å². The van der Waals surface area contributed by atoms with Gasteiger partial charge in [0.25, 0.3) is 11.8 Å². The number of benzene rings is 1. The van der Waals surface area contributed by atoms with Crippen LogP contribution in [-0.2, 0) is 19.2 Å². The highest BCUT2D eigenvalue weighted by atomic mass is 32.2. The second kappa shape index (κ2) is 9.73. The molecule has 1 fully saturated rings. The largest absolute Gasteiger partial charge is 0.504 e. The van der Waals surface area contributed by atoms with E-state index in [9.17, 15) is 29.7 Å². The lowest BCUT2D eigenvalue weighted by Gasteiger charge is -2.50.